The molecule has 156 valence electrons. The molecule has 0 aliphatic carbocycles. The van der Waals surface area contributed by atoms with Crippen molar-refractivity contribution in [2.75, 3.05) is 47.8 Å². The quantitative estimate of drug-likeness (QED) is 0.713. The largest absolute Gasteiger partial charge is 0.433 e. The lowest BCUT2D eigenvalue weighted by molar-refractivity contribution is -0.141. The Balaban J connectivity index is 1.76. The van der Waals surface area contributed by atoms with E-state index in [9.17, 15) is 13.2 Å². The third-order valence-electron chi connectivity index (χ3n) is 4.49. The summed E-state index contributed by atoms with van der Waals surface area (Å²) < 4.78 is 40.0. The summed E-state index contributed by atoms with van der Waals surface area (Å²) in [4.78, 5) is 11.9. The predicted molar refractivity (Wildman–Crippen MR) is 112 cm³/mol. The topological polar surface area (TPSA) is 56.3 Å². The molecule has 6 nitrogen and oxygen atoms in total. The fraction of sp³-hybridized carbons (Fsp3) is 0.421. The number of piperazine rings is 1. The number of benzene rings is 1. The third kappa shape index (κ3) is 5.69. The fourth-order valence-corrected chi connectivity index (χ4v) is 3.21. The van der Waals surface area contributed by atoms with Gasteiger partial charge in [0, 0.05) is 44.5 Å². The fourth-order valence-electron chi connectivity index (χ4n) is 3.01. The monoisotopic (exact) mass is 424 g/mol. The van der Waals surface area contributed by atoms with Gasteiger partial charge in [0.1, 0.15) is 5.82 Å². The first-order valence-corrected chi connectivity index (χ1v) is 9.83. The standard InChI is InChI=1S/C19H23F3N6S/c1-2-8-23-18(29)26-17-24-15(19(20,21)22)13-16(25-17)28-11-9-27(10-12-28)14-6-4-3-5-7-14/h3-7,13H,2,8-12H2,1H3,(H2,23,24,25,26,29). The maximum atomic E-state index is 13.3. The van der Waals surface area contributed by atoms with Crippen LogP contribution in [0.1, 0.15) is 19.0 Å². The second kappa shape index (κ2) is 9.25. The zero-order valence-electron chi connectivity index (χ0n) is 16.0. The number of hydrogen-bond donors (Lipinski definition) is 2. The minimum Gasteiger partial charge on any atom is -0.368 e. The molecule has 1 aliphatic heterocycles. The second-order valence-electron chi connectivity index (χ2n) is 6.62. The van der Waals surface area contributed by atoms with Gasteiger partial charge in [-0.25, -0.2) is 4.98 Å². The number of hydrogen-bond acceptors (Lipinski definition) is 5. The Morgan fingerprint density at radius 3 is 2.34 bits per heavy atom. The molecule has 2 N–H and O–H groups in total. The lowest BCUT2D eigenvalue weighted by Crippen LogP contribution is -2.47. The van der Waals surface area contributed by atoms with E-state index in [2.05, 4.69) is 25.5 Å². The average molecular weight is 424 g/mol. The van der Waals surface area contributed by atoms with Gasteiger partial charge in [0.25, 0.3) is 0 Å². The van der Waals surface area contributed by atoms with E-state index in [1.165, 1.54) is 0 Å². The van der Waals surface area contributed by atoms with Crippen LogP contribution in [0, 0.1) is 0 Å². The molecule has 1 aliphatic rings. The first-order chi connectivity index (χ1) is 13.9. The molecule has 0 radical (unpaired) electrons. The van der Waals surface area contributed by atoms with Crippen LogP contribution in [-0.2, 0) is 6.18 Å². The summed E-state index contributed by atoms with van der Waals surface area (Å²) in [5.74, 6) is 0.0785. The van der Waals surface area contributed by atoms with E-state index in [1.807, 2.05) is 42.2 Å². The Kier molecular flexibility index (Phi) is 6.73. The number of halogens is 3. The van der Waals surface area contributed by atoms with Crippen molar-refractivity contribution >= 4 is 34.8 Å². The molecule has 1 fully saturated rings. The van der Waals surface area contributed by atoms with Crippen molar-refractivity contribution in [3.05, 3.63) is 42.1 Å². The van der Waals surface area contributed by atoms with Crippen LogP contribution in [0.3, 0.4) is 0 Å². The molecule has 0 spiro atoms. The first kappa shape index (κ1) is 21.1. The van der Waals surface area contributed by atoms with E-state index in [4.69, 9.17) is 12.2 Å². The Morgan fingerprint density at radius 2 is 1.72 bits per heavy atom. The van der Waals surface area contributed by atoms with E-state index in [1.54, 1.807) is 0 Å². The van der Waals surface area contributed by atoms with Gasteiger partial charge in [-0.2, -0.15) is 18.2 Å². The summed E-state index contributed by atoms with van der Waals surface area (Å²) in [6.45, 7) is 5.06. The van der Waals surface area contributed by atoms with Crippen LogP contribution in [0.2, 0.25) is 0 Å². The van der Waals surface area contributed by atoms with Crippen LogP contribution >= 0.6 is 12.2 Å². The molecule has 10 heteroatoms. The predicted octanol–water partition coefficient (Wildman–Crippen LogP) is 3.52. The molecule has 29 heavy (non-hydrogen) atoms. The summed E-state index contributed by atoms with van der Waals surface area (Å²) in [5.41, 5.74) is 0.106. The molecule has 1 aromatic carbocycles. The van der Waals surface area contributed by atoms with Gasteiger partial charge >= 0.3 is 6.18 Å². The highest BCUT2D eigenvalue weighted by Crippen LogP contribution is 2.31. The van der Waals surface area contributed by atoms with Gasteiger partial charge in [-0.15, -0.1) is 0 Å². The minimum absolute atomic E-state index is 0.158. The van der Waals surface area contributed by atoms with Crippen molar-refractivity contribution < 1.29 is 13.2 Å². The highest BCUT2D eigenvalue weighted by Gasteiger charge is 2.34. The minimum atomic E-state index is -4.57. The van der Waals surface area contributed by atoms with Crippen molar-refractivity contribution in [3.8, 4) is 0 Å². The Morgan fingerprint density at radius 1 is 1.07 bits per heavy atom. The lowest BCUT2D eigenvalue weighted by atomic mass is 10.2. The molecule has 3 rings (SSSR count). The number of rotatable bonds is 5. The Labute approximate surface area is 173 Å². The van der Waals surface area contributed by atoms with E-state index in [-0.39, 0.29) is 16.9 Å². The van der Waals surface area contributed by atoms with Crippen molar-refractivity contribution in [2.45, 2.75) is 19.5 Å². The zero-order valence-corrected chi connectivity index (χ0v) is 16.9. The summed E-state index contributed by atoms with van der Waals surface area (Å²) in [5, 5.41) is 5.77. The maximum absolute atomic E-state index is 13.3. The van der Waals surface area contributed by atoms with E-state index < -0.39 is 11.9 Å². The molecular formula is C19H23F3N6S. The van der Waals surface area contributed by atoms with E-state index >= 15 is 0 Å². The highest BCUT2D eigenvalue weighted by molar-refractivity contribution is 7.80. The average Bonchev–Trinajstić information content (AvgIpc) is 2.72. The molecule has 2 aromatic rings. The maximum Gasteiger partial charge on any atom is 0.433 e. The van der Waals surface area contributed by atoms with Crippen molar-refractivity contribution in [2.24, 2.45) is 0 Å². The van der Waals surface area contributed by atoms with Gasteiger partial charge in [0.05, 0.1) is 0 Å². The van der Waals surface area contributed by atoms with Crippen LogP contribution in [0.4, 0.5) is 30.6 Å². The molecule has 1 aromatic heterocycles. The van der Waals surface area contributed by atoms with Crippen LogP contribution in [0.15, 0.2) is 36.4 Å². The van der Waals surface area contributed by atoms with Crippen molar-refractivity contribution in [3.63, 3.8) is 0 Å². The molecule has 0 saturated carbocycles. The van der Waals surface area contributed by atoms with Gasteiger partial charge in [-0.3, -0.25) is 0 Å². The molecule has 0 atom stereocenters. The Hall–Kier alpha value is -2.62. The molecular weight excluding hydrogens is 401 g/mol. The van der Waals surface area contributed by atoms with E-state index in [0.29, 0.717) is 32.7 Å². The number of anilines is 3. The molecule has 2 heterocycles. The highest BCUT2D eigenvalue weighted by atomic mass is 32.1. The van der Waals surface area contributed by atoms with Gasteiger partial charge in [0.2, 0.25) is 5.95 Å². The van der Waals surface area contributed by atoms with Crippen LogP contribution in [0.25, 0.3) is 0 Å². The molecule has 0 unspecified atom stereocenters. The number of thiocarbonyl (C=S) groups is 1. The smallest absolute Gasteiger partial charge is 0.368 e. The summed E-state index contributed by atoms with van der Waals surface area (Å²) in [6.07, 6.45) is -3.74. The van der Waals surface area contributed by atoms with Gasteiger partial charge in [-0.05, 0) is 30.8 Å². The van der Waals surface area contributed by atoms with Gasteiger partial charge < -0.3 is 20.4 Å². The van der Waals surface area contributed by atoms with Crippen LogP contribution in [-0.4, -0.2) is 47.8 Å². The summed E-state index contributed by atoms with van der Waals surface area (Å²) >= 11 is 5.10. The van der Waals surface area contributed by atoms with Gasteiger partial charge in [0.15, 0.2) is 10.8 Å². The second-order valence-corrected chi connectivity index (χ2v) is 7.03. The lowest BCUT2D eigenvalue weighted by Gasteiger charge is -2.37. The molecule has 0 bridgehead atoms. The number of nitrogens with one attached hydrogen (secondary N) is 2. The summed E-state index contributed by atoms with van der Waals surface area (Å²) in [7, 11) is 0. The zero-order chi connectivity index (χ0) is 20.9. The van der Waals surface area contributed by atoms with Crippen LogP contribution in [0.5, 0.6) is 0 Å². The normalized spacial score (nSPS) is 14.6. The first-order valence-electron chi connectivity index (χ1n) is 9.43. The SMILES string of the molecule is CCCNC(=S)Nc1nc(N2CCN(c3ccccc3)CC2)cc(C(F)(F)F)n1. The van der Waals surface area contributed by atoms with Crippen LogP contribution < -0.4 is 20.4 Å². The third-order valence-corrected chi connectivity index (χ3v) is 4.74. The van der Waals surface area contributed by atoms with Crippen molar-refractivity contribution in [1.82, 2.24) is 15.3 Å². The van der Waals surface area contributed by atoms with E-state index in [0.717, 1.165) is 18.2 Å². The summed E-state index contributed by atoms with van der Waals surface area (Å²) in [6, 6.07) is 10.9. The van der Waals surface area contributed by atoms with Gasteiger partial charge in [-0.1, -0.05) is 25.1 Å². The van der Waals surface area contributed by atoms with Crippen molar-refractivity contribution in [1.29, 1.82) is 0 Å². The Bertz CT molecular complexity index is 822. The number of alkyl halides is 3. The molecule has 1 saturated heterocycles. The number of nitrogens with zero attached hydrogens (tertiary/aromatic N) is 4. The number of para-hydroxylation sites is 1. The molecule has 0 amide bonds. The number of aromatic nitrogens is 2.